The third-order valence-electron chi connectivity index (χ3n) is 5.23. The van der Waals surface area contributed by atoms with Crippen molar-refractivity contribution in [3.8, 4) is 0 Å². The number of amides is 2. The number of urea groups is 1. The smallest absolute Gasteiger partial charge is 0.331 e. The highest BCUT2D eigenvalue weighted by Gasteiger charge is 2.40. The molecule has 0 atom stereocenters. The highest BCUT2D eigenvalue weighted by Crippen LogP contribution is 2.24. The number of rotatable bonds is 9. The standard InChI is InChI=1S/C22H30BN2O5S/c1-16-6-12-19(13-7-16)31(28,29)25-20(26)24-15-14-17-8-10-18(11-9-17)23-30-22(4,5)21(2,3)27/h6-13,27H,14-15H2,1-5H3,(H2,24,25,26)/p+1. The van der Waals surface area contributed by atoms with E-state index in [1.807, 2.05) is 49.8 Å². The van der Waals surface area contributed by atoms with Crippen LogP contribution in [0.1, 0.15) is 38.8 Å². The second-order valence-electron chi connectivity index (χ2n) is 8.54. The van der Waals surface area contributed by atoms with Crippen LogP contribution < -0.4 is 15.5 Å². The molecule has 2 amide bonds. The van der Waals surface area contributed by atoms with E-state index in [0.717, 1.165) is 16.6 Å². The van der Waals surface area contributed by atoms with E-state index in [1.54, 1.807) is 33.5 Å². The molecule has 0 aliphatic rings. The van der Waals surface area contributed by atoms with E-state index in [4.69, 9.17) is 9.76 Å². The molecular formula is C22H31BN2O5S+. The van der Waals surface area contributed by atoms with Crippen LogP contribution in [-0.2, 0) is 21.1 Å². The van der Waals surface area contributed by atoms with E-state index in [-0.39, 0.29) is 11.4 Å². The quantitative estimate of drug-likeness (QED) is 0.452. The average Bonchev–Trinajstić information content (AvgIpc) is 2.66. The zero-order valence-electron chi connectivity index (χ0n) is 18.7. The number of nitrogens with one attached hydrogen (secondary N) is 2. The van der Waals surface area contributed by atoms with E-state index in [1.165, 1.54) is 12.1 Å². The lowest BCUT2D eigenvalue weighted by Crippen LogP contribution is -2.49. The van der Waals surface area contributed by atoms with Gasteiger partial charge in [0.2, 0.25) is 0 Å². The normalized spacial score (nSPS) is 12.3. The minimum atomic E-state index is -3.90. The molecule has 2 aromatic carbocycles. The lowest BCUT2D eigenvalue weighted by atomic mass is 9.82. The predicted molar refractivity (Wildman–Crippen MR) is 123 cm³/mol. The molecule has 4 N–H and O–H groups in total. The lowest BCUT2D eigenvalue weighted by Gasteiger charge is -2.33. The highest BCUT2D eigenvalue weighted by atomic mass is 32.2. The Morgan fingerprint density at radius 2 is 1.61 bits per heavy atom. The minimum Gasteiger partial charge on any atom is -0.439 e. The van der Waals surface area contributed by atoms with Crippen molar-refractivity contribution in [3.63, 3.8) is 0 Å². The van der Waals surface area contributed by atoms with Crippen LogP contribution in [0.2, 0.25) is 0 Å². The SMILES string of the molecule is Cc1ccc(S(=O)(=O)NC(=O)NCCc2ccc([B]OC(C)(C)C(C)(C)[OH2+])cc2)cc1. The van der Waals surface area contributed by atoms with Crippen LogP contribution in [0.5, 0.6) is 0 Å². The van der Waals surface area contributed by atoms with Crippen LogP contribution in [0.25, 0.3) is 0 Å². The van der Waals surface area contributed by atoms with Gasteiger partial charge in [-0.3, -0.25) is 0 Å². The highest BCUT2D eigenvalue weighted by molar-refractivity contribution is 7.90. The Balaban J connectivity index is 1.80. The molecule has 0 aromatic heterocycles. The van der Waals surface area contributed by atoms with Gasteiger partial charge in [0, 0.05) is 20.4 Å². The summed E-state index contributed by atoms with van der Waals surface area (Å²) in [5.41, 5.74) is 1.40. The van der Waals surface area contributed by atoms with Crippen molar-refractivity contribution in [2.24, 2.45) is 0 Å². The van der Waals surface area contributed by atoms with E-state index < -0.39 is 27.3 Å². The first-order chi connectivity index (χ1) is 14.3. The molecule has 0 unspecified atom stereocenters. The minimum absolute atomic E-state index is 0.0410. The molecule has 0 heterocycles. The summed E-state index contributed by atoms with van der Waals surface area (Å²) >= 11 is 0. The van der Waals surface area contributed by atoms with Crippen LogP contribution in [0.3, 0.4) is 0 Å². The first kappa shape index (κ1) is 24.9. The molecule has 1 radical (unpaired) electrons. The van der Waals surface area contributed by atoms with Crippen LogP contribution in [-0.4, -0.2) is 44.8 Å². The van der Waals surface area contributed by atoms with Crippen molar-refractivity contribution in [3.05, 3.63) is 59.7 Å². The topological polar surface area (TPSA) is 107 Å². The fraction of sp³-hybridized carbons (Fsp3) is 0.409. The maximum atomic E-state index is 12.2. The van der Waals surface area contributed by atoms with E-state index >= 15 is 0 Å². The molecule has 0 aliphatic heterocycles. The molecule has 2 rings (SSSR count). The molecule has 0 spiro atoms. The molecule has 0 fully saturated rings. The van der Waals surface area contributed by atoms with Crippen LogP contribution in [0.15, 0.2) is 53.4 Å². The zero-order chi connectivity index (χ0) is 23.3. The third kappa shape index (κ3) is 7.38. The van der Waals surface area contributed by atoms with E-state index in [0.29, 0.717) is 6.42 Å². The van der Waals surface area contributed by atoms with Gasteiger partial charge in [-0.25, -0.2) is 17.9 Å². The van der Waals surface area contributed by atoms with Crippen molar-refractivity contribution in [1.82, 2.24) is 10.0 Å². The van der Waals surface area contributed by atoms with Gasteiger partial charge in [-0.2, -0.15) is 0 Å². The van der Waals surface area contributed by atoms with Gasteiger partial charge in [-0.15, -0.1) is 0 Å². The molecular weight excluding hydrogens is 415 g/mol. The Morgan fingerprint density at radius 1 is 1.03 bits per heavy atom. The van der Waals surface area contributed by atoms with Gasteiger partial charge in [0.15, 0.2) is 5.60 Å². The Kier molecular flexibility index (Phi) is 7.91. The summed E-state index contributed by atoms with van der Waals surface area (Å²) in [6, 6.07) is 13.1. The fourth-order valence-corrected chi connectivity index (χ4v) is 3.31. The Morgan fingerprint density at radius 3 is 2.16 bits per heavy atom. The molecule has 0 bridgehead atoms. The summed E-state index contributed by atoms with van der Waals surface area (Å²) in [6.45, 7) is 9.50. The van der Waals surface area contributed by atoms with Crippen LogP contribution in [0.4, 0.5) is 4.79 Å². The van der Waals surface area contributed by atoms with Gasteiger partial charge in [0.1, 0.15) is 5.60 Å². The second kappa shape index (κ2) is 9.85. The Bertz CT molecular complexity index is 982. The zero-order valence-corrected chi connectivity index (χ0v) is 19.5. The molecule has 31 heavy (non-hydrogen) atoms. The van der Waals surface area contributed by atoms with Crippen molar-refractivity contribution < 1.29 is 23.0 Å². The van der Waals surface area contributed by atoms with Crippen molar-refractivity contribution in [2.45, 2.75) is 57.1 Å². The van der Waals surface area contributed by atoms with E-state index in [9.17, 15) is 13.2 Å². The van der Waals surface area contributed by atoms with Crippen LogP contribution in [0, 0.1) is 6.92 Å². The third-order valence-corrected chi connectivity index (χ3v) is 6.58. The summed E-state index contributed by atoms with van der Waals surface area (Å²) in [4.78, 5) is 12.0. The molecule has 9 heteroatoms. The number of hydrogen-bond acceptors (Lipinski definition) is 4. The summed E-state index contributed by atoms with van der Waals surface area (Å²) in [6.07, 6.45) is 0.546. The molecule has 7 nitrogen and oxygen atoms in total. The number of hydrogen-bond donors (Lipinski definition) is 2. The molecule has 0 aliphatic carbocycles. The van der Waals surface area contributed by atoms with Crippen molar-refractivity contribution in [1.29, 1.82) is 0 Å². The Hall–Kier alpha value is -2.36. The van der Waals surface area contributed by atoms with Gasteiger partial charge in [0.25, 0.3) is 10.0 Å². The average molecular weight is 446 g/mol. The lowest BCUT2D eigenvalue weighted by molar-refractivity contribution is -0.0893. The second-order valence-corrected chi connectivity index (χ2v) is 10.2. The maximum absolute atomic E-state index is 12.2. The number of aryl methyl sites for hydroxylation is 1. The summed E-state index contributed by atoms with van der Waals surface area (Å²) < 4.78 is 32.2. The maximum Gasteiger partial charge on any atom is 0.331 e. The molecule has 0 saturated heterocycles. The fourth-order valence-electron chi connectivity index (χ4n) is 2.38. The summed E-state index contributed by atoms with van der Waals surface area (Å²) in [5.74, 6) is 0. The van der Waals surface area contributed by atoms with Gasteiger partial charge >= 0.3 is 13.5 Å². The van der Waals surface area contributed by atoms with Crippen molar-refractivity contribution in [2.75, 3.05) is 6.54 Å². The number of carbonyl (C=O) groups excluding carboxylic acids is 1. The van der Waals surface area contributed by atoms with E-state index in [2.05, 4.69) is 5.32 Å². The van der Waals surface area contributed by atoms with Crippen molar-refractivity contribution >= 4 is 29.0 Å². The first-order valence-corrected chi connectivity index (χ1v) is 11.5. The van der Waals surface area contributed by atoms with Gasteiger partial charge < -0.3 is 15.1 Å². The van der Waals surface area contributed by atoms with Gasteiger partial charge in [-0.05, 0) is 44.9 Å². The summed E-state index contributed by atoms with van der Waals surface area (Å²) in [7, 11) is -2.26. The summed E-state index contributed by atoms with van der Waals surface area (Å²) in [5, 5.41) is 10.7. The Labute approximate surface area is 185 Å². The molecule has 0 saturated carbocycles. The predicted octanol–water partition coefficient (Wildman–Crippen LogP) is 1.77. The number of benzene rings is 2. The number of carbonyl (C=O) groups is 1. The largest absolute Gasteiger partial charge is 0.439 e. The van der Waals surface area contributed by atoms with Gasteiger partial charge in [0.05, 0.1) is 4.90 Å². The monoisotopic (exact) mass is 446 g/mol. The van der Waals surface area contributed by atoms with Gasteiger partial charge in [-0.1, -0.05) is 47.4 Å². The van der Waals surface area contributed by atoms with Crippen LogP contribution >= 0.6 is 0 Å². The first-order valence-electron chi connectivity index (χ1n) is 10.0. The molecule has 2 aromatic rings. The molecule has 167 valence electrons. The number of sulfonamides is 1.